The van der Waals surface area contributed by atoms with Gasteiger partial charge in [-0.3, -0.25) is 10.1 Å². The van der Waals surface area contributed by atoms with Gasteiger partial charge < -0.3 is 10.3 Å². The van der Waals surface area contributed by atoms with Gasteiger partial charge in [0.25, 0.3) is 5.91 Å². The van der Waals surface area contributed by atoms with Gasteiger partial charge in [-0.1, -0.05) is 41.9 Å². The molecule has 3 N–H and O–H groups in total. The minimum Gasteiger partial charge on any atom is -0.338 e. The van der Waals surface area contributed by atoms with E-state index in [0.717, 1.165) is 39.2 Å². The number of H-pyrrole nitrogens is 1. The number of carbonyl (C=O) groups excluding carboxylic acids is 1. The summed E-state index contributed by atoms with van der Waals surface area (Å²) >= 11 is 11.5. The Kier molecular flexibility index (Phi) is 5.53. The summed E-state index contributed by atoms with van der Waals surface area (Å²) < 4.78 is 0. The lowest BCUT2D eigenvalue weighted by Crippen LogP contribution is -2.34. The Labute approximate surface area is 184 Å². The fourth-order valence-electron chi connectivity index (χ4n) is 3.06. The summed E-state index contributed by atoms with van der Waals surface area (Å²) in [5, 5.41) is 6.55. The number of nitrogens with one attached hydrogen (secondary N) is 3. The van der Waals surface area contributed by atoms with Crippen LogP contribution in [0.4, 0.5) is 5.69 Å². The van der Waals surface area contributed by atoms with Crippen LogP contribution in [0.5, 0.6) is 0 Å². The van der Waals surface area contributed by atoms with Crippen LogP contribution in [-0.4, -0.2) is 21.0 Å². The van der Waals surface area contributed by atoms with Gasteiger partial charge in [0.2, 0.25) is 0 Å². The molecule has 1 amide bonds. The zero-order chi connectivity index (χ0) is 21.3. The molecule has 0 spiro atoms. The Morgan fingerprint density at radius 1 is 1.03 bits per heavy atom. The summed E-state index contributed by atoms with van der Waals surface area (Å²) in [5.74, 6) is 0.448. The molecular formula is C23H19ClN4OS. The number of para-hydroxylation sites is 2. The lowest BCUT2D eigenvalue weighted by atomic mass is 10.1. The first kappa shape index (κ1) is 20.1. The molecule has 0 aliphatic carbocycles. The van der Waals surface area contributed by atoms with Gasteiger partial charge >= 0.3 is 0 Å². The van der Waals surface area contributed by atoms with Crippen LogP contribution >= 0.6 is 23.8 Å². The monoisotopic (exact) mass is 434 g/mol. The number of aromatic nitrogens is 2. The van der Waals surface area contributed by atoms with Crippen LogP contribution in [0, 0.1) is 13.8 Å². The predicted molar refractivity (Wildman–Crippen MR) is 126 cm³/mol. The number of hydrogen-bond acceptors (Lipinski definition) is 3. The third-order valence-electron chi connectivity index (χ3n) is 4.81. The summed E-state index contributed by atoms with van der Waals surface area (Å²) in [7, 11) is 0. The van der Waals surface area contributed by atoms with Crippen LogP contribution in [0.1, 0.15) is 21.5 Å². The van der Waals surface area contributed by atoms with Gasteiger partial charge in [-0.05, 0) is 67.5 Å². The Morgan fingerprint density at radius 2 is 1.80 bits per heavy atom. The highest BCUT2D eigenvalue weighted by atomic mass is 35.5. The number of aromatic amines is 1. The lowest BCUT2D eigenvalue weighted by Gasteiger charge is -2.13. The summed E-state index contributed by atoms with van der Waals surface area (Å²) in [4.78, 5) is 20.4. The predicted octanol–water partition coefficient (Wildman–Crippen LogP) is 5.63. The molecule has 0 saturated heterocycles. The first-order valence-corrected chi connectivity index (χ1v) is 10.1. The number of benzene rings is 3. The second kappa shape index (κ2) is 8.26. The minimum atomic E-state index is -0.319. The van der Waals surface area contributed by atoms with Gasteiger partial charge in [0.15, 0.2) is 5.11 Å². The van der Waals surface area contributed by atoms with Crippen molar-refractivity contribution in [2.24, 2.45) is 0 Å². The van der Waals surface area contributed by atoms with E-state index in [9.17, 15) is 4.79 Å². The number of fused-ring (bicyclic) bond motifs is 1. The summed E-state index contributed by atoms with van der Waals surface area (Å²) in [6.45, 7) is 3.85. The number of anilines is 1. The summed E-state index contributed by atoms with van der Waals surface area (Å²) in [6.07, 6.45) is 0. The van der Waals surface area contributed by atoms with E-state index < -0.39 is 0 Å². The highest BCUT2D eigenvalue weighted by molar-refractivity contribution is 7.80. The van der Waals surface area contributed by atoms with Gasteiger partial charge in [0, 0.05) is 21.8 Å². The average Bonchev–Trinajstić information content (AvgIpc) is 3.16. The number of nitrogens with zero attached hydrogens (tertiary/aromatic N) is 1. The molecule has 7 heteroatoms. The van der Waals surface area contributed by atoms with Crippen molar-refractivity contribution < 1.29 is 4.79 Å². The number of imidazole rings is 1. The van der Waals surface area contributed by atoms with Crippen LogP contribution < -0.4 is 10.6 Å². The van der Waals surface area contributed by atoms with E-state index in [4.69, 9.17) is 23.8 Å². The van der Waals surface area contributed by atoms with Crippen molar-refractivity contribution in [3.05, 3.63) is 82.4 Å². The van der Waals surface area contributed by atoms with Crippen molar-refractivity contribution >= 4 is 51.6 Å². The second-order valence-electron chi connectivity index (χ2n) is 7.00. The molecule has 4 rings (SSSR count). The van der Waals surface area contributed by atoms with Crippen LogP contribution in [0.25, 0.3) is 22.4 Å². The molecule has 0 bridgehead atoms. The molecule has 1 aromatic heterocycles. The van der Waals surface area contributed by atoms with Crippen molar-refractivity contribution in [3.63, 3.8) is 0 Å². The fourth-order valence-corrected chi connectivity index (χ4v) is 3.44. The Morgan fingerprint density at radius 3 is 2.57 bits per heavy atom. The van der Waals surface area contributed by atoms with Gasteiger partial charge in [0.05, 0.1) is 11.0 Å². The van der Waals surface area contributed by atoms with Crippen molar-refractivity contribution in [2.45, 2.75) is 13.8 Å². The van der Waals surface area contributed by atoms with Gasteiger partial charge in [-0.2, -0.15) is 0 Å². The average molecular weight is 435 g/mol. The zero-order valence-corrected chi connectivity index (χ0v) is 18.0. The molecule has 0 unspecified atom stereocenters. The fraction of sp³-hybridized carbons (Fsp3) is 0.0870. The number of hydrogen-bond donors (Lipinski definition) is 3. The molecule has 0 fully saturated rings. The number of aryl methyl sites for hydroxylation is 2. The molecule has 5 nitrogen and oxygen atoms in total. The second-order valence-corrected chi connectivity index (χ2v) is 7.82. The van der Waals surface area contributed by atoms with E-state index in [1.807, 2.05) is 56.3 Å². The first-order valence-electron chi connectivity index (χ1n) is 9.35. The molecule has 1 heterocycles. The van der Waals surface area contributed by atoms with Crippen molar-refractivity contribution in [2.75, 3.05) is 5.32 Å². The highest BCUT2D eigenvalue weighted by Crippen LogP contribution is 2.25. The third-order valence-corrected chi connectivity index (χ3v) is 5.42. The molecule has 0 aliphatic heterocycles. The minimum absolute atomic E-state index is 0.210. The summed E-state index contributed by atoms with van der Waals surface area (Å²) in [5.41, 5.74) is 5.93. The van der Waals surface area contributed by atoms with Crippen LogP contribution in [0.15, 0.2) is 60.7 Å². The molecule has 0 atom stereocenters. The van der Waals surface area contributed by atoms with Gasteiger partial charge in [0.1, 0.15) is 5.82 Å². The van der Waals surface area contributed by atoms with E-state index in [0.29, 0.717) is 10.6 Å². The topological polar surface area (TPSA) is 69.8 Å². The standard InChI is InChI=1S/C23H19ClN4OS/c1-13-7-10-16(11-17(13)24)22(29)28-23(30)27-20-12-15(9-8-14(20)2)21-25-18-5-3-4-6-19(18)26-21/h3-12H,1-2H3,(H,25,26)(H2,27,28,29,30). The number of halogens is 1. The smallest absolute Gasteiger partial charge is 0.257 e. The molecule has 0 radical (unpaired) electrons. The summed E-state index contributed by atoms with van der Waals surface area (Å²) in [6, 6.07) is 18.9. The Balaban J connectivity index is 1.52. The van der Waals surface area contributed by atoms with Crippen molar-refractivity contribution in [1.29, 1.82) is 0 Å². The number of rotatable bonds is 3. The van der Waals surface area contributed by atoms with E-state index in [-0.39, 0.29) is 11.0 Å². The molecule has 3 aromatic carbocycles. The number of carbonyl (C=O) groups is 1. The highest BCUT2D eigenvalue weighted by Gasteiger charge is 2.12. The zero-order valence-electron chi connectivity index (χ0n) is 16.4. The maximum Gasteiger partial charge on any atom is 0.257 e. The van der Waals surface area contributed by atoms with Gasteiger partial charge in [-0.25, -0.2) is 4.98 Å². The molecule has 0 aliphatic rings. The largest absolute Gasteiger partial charge is 0.338 e. The van der Waals surface area contributed by atoms with Gasteiger partial charge in [-0.15, -0.1) is 0 Å². The number of thiocarbonyl (C=S) groups is 1. The number of amides is 1. The SMILES string of the molecule is Cc1ccc(C(=O)NC(=S)Nc2cc(-c3nc4ccccc4[nH]3)ccc2C)cc1Cl. The molecule has 0 saturated carbocycles. The van der Waals surface area contributed by atoms with Crippen LogP contribution in [0.3, 0.4) is 0 Å². The molecular weight excluding hydrogens is 416 g/mol. The van der Waals surface area contributed by atoms with Crippen molar-refractivity contribution in [1.82, 2.24) is 15.3 Å². The normalized spacial score (nSPS) is 10.8. The quantitative estimate of drug-likeness (QED) is 0.365. The molecule has 4 aromatic rings. The Hall–Kier alpha value is -3.22. The van der Waals surface area contributed by atoms with Crippen LogP contribution in [0.2, 0.25) is 5.02 Å². The molecule has 30 heavy (non-hydrogen) atoms. The molecule has 150 valence electrons. The maximum absolute atomic E-state index is 12.5. The maximum atomic E-state index is 12.5. The van der Waals surface area contributed by atoms with Crippen molar-refractivity contribution in [3.8, 4) is 11.4 Å². The van der Waals surface area contributed by atoms with E-state index in [1.165, 1.54) is 0 Å². The third kappa shape index (κ3) is 4.20. The van der Waals surface area contributed by atoms with E-state index >= 15 is 0 Å². The van der Waals surface area contributed by atoms with Crippen LogP contribution in [-0.2, 0) is 0 Å². The lowest BCUT2D eigenvalue weighted by molar-refractivity contribution is 0.0977. The van der Waals surface area contributed by atoms with E-state index in [1.54, 1.807) is 18.2 Å². The van der Waals surface area contributed by atoms with E-state index in [2.05, 4.69) is 20.6 Å². The first-order chi connectivity index (χ1) is 14.4. The Bertz CT molecular complexity index is 1250.